The van der Waals surface area contributed by atoms with E-state index in [-0.39, 0.29) is 29.5 Å². The van der Waals surface area contributed by atoms with Crippen molar-refractivity contribution < 1.29 is 15.0 Å². The molecule has 1 aromatic carbocycles. The van der Waals surface area contributed by atoms with Crippen molar-refractivity contribution in [2.24, 2.45) is 0 Å². The van der Waals surface area contributed by atoms with Crippen LogP contribution in [0.1, 0.15) is 24.9 Å². The van der Waals surface area contributed by atoms with Gasteiger partial charge in [-0.2, -0.15) is 0 Å². The Morgan fingerprint density at radius 3 is 2.75 bits per heavy atom. The largest absolute Gasteiger partial charge is 0.508 e. The number of phenolic OH excluding ortho intramolecular Hbond substituents is 1. The first kappa shape index (κ1) is 15.2. The fourth-order valence-corrected chi connectivity index (χ4v) is 2.86. The molecular formula is C13H16Cl2N2O3. The van der Waals surface area contributed by atoms with Crippen LogP contribution >= 0.6 is 23.2 Å². The first-order valence-electron chi connectivity index (χ1n) is 6.32. The van der Waals surface area contributed by atoms with Gasteiger partial charge < -0.3 is 20.4 Å². The molecule has 2 amide bonds. The van der Waals surface area contributed by atoms with E-state index in [9.17, 15) is 9.90 Å². The zero-order chi connectivity index (χ0) is 14.9. The molecule has 1 saturated heterocycles. The number of rotatable bonds is 4. The quantitative estimate of drug-likeness (QED) is 0.798. The van der Waals surface area contributed by atoms with E-state index >= 15 is 0 Å². The number of urea groups is 1. The van der Waals surface area contributed by atoms with Crippen LogP contribution < -0.4 is 5.32 Å². The van der Waals surface area contributed by atoms with Crippen LogP contribution in [0.4, 0.5) is 4.79 Å². The van der Waals surface area contributed by atoms with Gasteiger partial charge in [0.25, 0.3) is 0 Å². The minimum absolute atomic E-state index is 0.000517. The molecule has 0 spiro atoms. The number of aromatic hydroxyl groups is 1. The molecule has 1 aromatic rings. The fraction of sp³-hybridized carbons (Fsp3) is 0.462. The van der Waals surface area contributed by atoms with Crippen LogP contribution in [-0.2, 0) is 0 Å². The highest BCUT2D eigenvalue weighted by Crippen LogP contribution is 2.40. The van der Waals surface area contributed by atoms with Crippen LogP contribution in [0.25, 0.3) is 0 Å². The molecule has 3 N–H and O–H groups in total. The van der Waals surface area contributed by atoms with Gasteiger partial charge in [-0.25, -0.2) is 4.79 Å². The van der Waals surface area contributed by atoms with E-state index < -0.39 is 6.04 Å². The molecule has 5 nitrogen and oxygen atoms in total. The minimum Gasteiger partial charge on any atom is -0.508 e. The summed E-state index contributed by atoms with van der Waals surface area (Å²) in [6.45, 7) is 2.32. The minimum atomic E-state index is -0.438. The number of halogens is 2. The molecule has 0 unspecified atom stereocenters. The van der Waals surface area contributed by atoms with Crippen molar-refractivity contribution in [1.82, 2.24) is 10.2 Å². The van der Waals surface area contributed by atoms with Gasteiger partial charge in [0.15, 0.2) is 0 Å². The molecule has 0 bridgehead atoms. The number of phenols is 1. The Hall–Kier alpha value is -1.17. The second-order valence-corrected chi connectivity index (χ2v) is 5.52. The summed E-state index contributed by atoms with van der Waals surface area (Å²) < 4.78 is 0. The van der Waals surface area contributed by atoms with Gasteiger partial charge in [-0.1, -0.05) is 23.2 Å². The highest BCUT2D eigenvalue weighted by Gasteiger charge is 2.39. The Morgan fingerprint density at radius 1 is 1.40 bits per heavy atom. The van der Waals surface area contributed by atoms with Gasteiger partial charge in [0.05, 0.1) is 22.1 Å². The van der Waals surface area contributed by atoms with E-state index in [1.807, 2.05) is 6.92 Å². The summed E-state index contributed by atoms with van der Waals surface area (Å²) in [5.74, 6) is 0.000517. The van der Waals surface area contributed by atoms with E-state index in [0.717, 1.165) is 0 Å². The lowest BCUT2D eigenvalue weighted by molar-refractivity contribution is 0.194. The molecule has 7 heteroatoms. The summed E-state index contributed by atoms with van der Waals surface area (Å²) in [7, 11) is 0. The molecule has 110 valence electrons. The number of benzene rings is 1. The number of carbonyl (C=O) groups excluding carboxylic acids is 1. The molecule has 2 atom stereocenters. The molecule has 0 radical (unpaired) electrons. The SMILES string of the molecule is C[C@H]1[C@H](c2c(O)ccc(Cl)c2Cl)NC(=O)N1CCCO. The van der Waals surface area contributed by atoms with Crippen molar-refractivity contribution in [2.75, 3.05) is 13.2 Å². The van der Waals surface area contributed by atoms with E-state index in [1.54, 1.807) is 4.90 Å². The summed E-state index contributed by atoms with van der Waals surface area (Å²) in [5, 5.41) is 22.2. The standard InChI is InChI=1S/C13H16Cl2N2O3/c1-7-12(16-13(20)17(7)5-2-6-18)10-9(19)4-3-8(14)11(10)15/h3-4,7,12,18-19H,2,5-6H2,1H3,(H,16,20)/t7-,12+/m0/s1. The number of amides is 2. The molecule has 0 aromatic heterocycles. The molecule has 2 rings (SSSR count). The van der Waals surface area contributed by atoms with Gasteiger partial charge in [0.2, 0.25) is 0 Å². The number of nitrogens with one attached hydrogen (secondary N) is 1. The molecule has 1 heterocycles. The molecular weight excluding hydrogens is 303 g/mol. The molecule has 0 saturated carbocycles. The number of hydrogen-bond donors (Lipinski definition) is 3. The third-order valence-electron chi connectivity index (χ3n) is 3.49. The van der Waals surface area contributed by atoms with Crippen LogP contribution in [0.15, 0.2) is 12.1 Å². The van der Waals surface area contributed by atoms with Gasteiger partial charge in [0, 0.05) is 18.7 Å². The molecule has 1 aliphatic heterocycles. The number of aliphatic hydroxyl groups is 1. The zero-order valence-electron chi connectivity index (χ0n) is 10.9. The van der Waals surface area contributed by atoms with Crippen molar-refractivity contribution in [3.05, 3.63) is 27.7 Å². The second-order valence-electron chi connectivity index (χ2n) is 4.73. The Balaban J connectivity index is 2.31. The van der Waals surface area contributed by atoms with E-state index in [2.05, 4.69) is 5.32 Å². The number of hydrogen-bond acceptors (Lipinski definition) is 3. The Bertz CT molecular complexity index is 525. The predicted molar refractivity (Wildman–Crippen MR) is 77.3 cm³/mol. The highest BCUT2D eigenvalue weighted by molar-refractivity contribution is 6.42. The maximum atomic E-state index is 12.0. The number of nitrogens with zero attached hydrogens (tertiary/aromatic N) is 1. The van der Waals surface area contributed by atoms with Gasteiger partial charge >= 0.3 is 6.03 Å². The lowest BCUT2D eigenvalue weighted by Gasteiger charge is -2.23. The first-order valence-corrected chi connectivity index (χ1v) is 7.07. The Kier molecular flexibility index (Phi) is 4.62. The third-order valence-corrected chi connectivity index (χ3v) is 4.31. The average molecular weight is 319 g/mol. The third kappa shape index (κ3) is 2.66. The van der Waals surface area contributed by atoms with Crippen molar-refractivity contribution in [2.45, 2.75) is 25.4 Å². The summed E-state index contributed by atoms with van der Waals surface area (Å²) >= 11 is 12.1. The van der Waals surface area contributed by atoms with Crippen molar-refractivity contribution in [3.63, 3.8) is 0 Å². The fourth-order valence-electron chi connectivity index (χ4n) is 2.41. The molecule has 1 aliphatic rings. The summed E-state index contributed by atoms with van der Waals surface area (Å²) in [6, 6.07) is 2.08. The zero-order valence-corrected chi connectivity index (χ0v) is 12.4. The number of aliphatic hydroxyl groups excluding tert-OH is 1. The van der Waals surface area contributed by atoms with Crippen LogP contribution in [0.3, 0.4) is 0 Å². The second kappa shape index (κ2) is 6.08. The van der Waals surface area contributed by atoms with Crippen LogP contribution in [0, 0.1) is 0 Å². The average Bonchev–Trinajstić information content (AvgIpc) is 2.68. The Morgan fingerprint density at radius 2 is 2.10 bits per heavy atom. The van der Waals surface area contributed by atoms with E-state index in [1.165, 1.54) is 12.1 Å². The van der Waals surface area contributed by atoms with E-state index in [0.29, 0.717) is 23.6 Å². The van der Waals surface area contributed by atoms with Crippen LogP contribution in [0.2, 0.25) is 10.0 Å². The van der Waals surface area contributed by atoms with Crippen LogP contribution in [-0.4, -0.2) is 40.3 Å². The van der Waals surface area contributed by atoms with Gasteiger partial charge in [-0.05, 0) is 25.5 Å². The molecule has 20 heavy (non-hydrogen) atoms. The first-order chi connectivity index (χ1) is 9.47. The summed E-state index contributed by atoms with van der Waals surface area (Å²) in [4.78, 5) is 13.6. The Labute approximate surface area is 127 Å². The molecule has 0 aliphatic carbocycles. The maximum Gasteiger partial charge on any atom is 0.318 e. The summed E-state index contributed by atoms with van der Waals surface area (Å²) in [5.41, 5.74) is 0.423. The lowest BCUT2D eigenvalue weighted by Crippen LogP contribution is -2.33. The van der Waals surface area contributed by atoms with Crippen molar-refractivity contribution >= 4 is 29.2 Å². The van der Waals surface area contributed by atoms with Crippen LogP contribution in [0.5, 0.6) is 5.75 Å². The smallest absolute Gasteiger partial charge is 0.318 e. The lowest BCUT2D eigenvalue weighted by atomic mass is 10.00. The van der Waals surface area contributed by atoms with Crippen molar-refractivity contribution in [1.29, 1.82) is 0 Å². The normalized spacial score (nSPS) is 22.2. The monoisotopic (exact) mass is 318 g/mol. The summed E-state index contributed by atoms with van der Waals surface area (Å²) in [6.07, 6.45) is 0.500. The van der Waals surface area contributed by atoms with Gasteiger partial charge in [-0.3, -0.25) is 0 Å². The molecule has 1 fully saturated rings. The van der Waals surface area contributed by atoms with Gasteiger partial charge in [0.1, 0.15) is 5.75 Å². The predicted octanol–water partition coefficient (Wildman–Crippen LogP) is 2.54. The van der Waals surface area contributed by atoms with E-state index in [4.69, 9.17) is 28.3 Å². The van der Waals surface area contributed by atoms with Crippen molar-refractivity contribution in [3.8, 4) is 5.75 Å². The van der Waals surface area contributed by atoms with Gasteiger partial charge in [-0.15, -0.1) is 0 Å². The maximum absolute atomic E-state index is 12.0. The highest BCUT2D eigenvalue weighted by atomic mass is 35.5. The number of carbonyl (C=O) groups is 1. The topological polar surface area (TPSA) is 72.8 Å².